The molecule has 4 aromatic rings. The third-order valence-electron chi connectivity index (χ3n) is 4.26. The minimum absolute atomic E-state index is 0.0948. The van der Waals surface area contributed by atoms with Gasteiger partial charge < -0.3 is 9.88 Å². The van der Waals surface area contributed by atoms with Gasteiger partial charge in [0.15, 0.2) is 11.6 Å². The quantitative estimate of drug-likeness (QED) is 0.553. The molecule has 2 heterocycles. The van der Waals surface area contributed by atoms with Crippen molar-refractivity contribution in [3.8, 4) is 11.3 Å². The number of nitrogens with one attached hydrogen (secondary N) is 1. The second-order valence-corrected chi connectivity index (χ2v) is 6.71. The van der Waals surface area contributed by atoms with E-state index in [2.05, 4.69) is 10.4 Å². The first-order valence-electron chi connectivity index (χ1n) is 8.50. The summed E-state index contributed by atoms with van der Waals surface area (Å²) in [6.45, 7) is -0.296. The molecule has 0 saturated heterocycles. The maximum absolute atomic E-state index is 13.3. The van der Waals surface area contributed by atoms with E-state index in [1.54, 1.807) is 36.5 Å². The van der Waals surface area contributed by atoms with Crippen LogP contribution in [0.2, 0.25) is 5.02 Å². The summed E-state index contributed by atoms with van der Waals surface area (Å²) in [6, 6.07) is 11.7. The molecule has 0 aliphatic carbocycles. The molecule has 4 rings (SSSR count). The van der Waals surface area contributed by atoms with Gasteiger partial charge in [0, 0.05) is 34.7 Å². The molecule has 0 saturated carbocycles. The standard InChI is InChI=1S/C20H13ClF2N4O2/c21-13-3-1-12(2-4-13)17-10-18-20(29)26(7-8-27(18)25-17)11-19(28)24-14-5-6-15(22)16(23)9-14/h1-10H,11H2,(H,24,28). The minimum atomic E-state index is -1.07. The van der Waals surface area contributed by atoms with Crippen LogP contribution in [-0.2, 0) is 11.3 Å². The van der Waals surface area contributed by atoms with Gasteiger partial charge in [-0.3, -0.25) is 9.59 Å². The second-order valence-electron chi connectivity index (χ2n) is 6.27. The van der Waals surface area contributed by atoms with Gasteiger partial charge in [-0.05, 0) is 30.3 Å². The lowest BCUT2D eigenvalue weighted by atomic mass is 10.1. The lowest BCUT2D eigenvalue weighted by Crippen LogP contribution is -2.28. The number of fused-ring (bicyclic) bond motifs is 1. The largest absolute Gasteiger partial charge is 0.324 e. The number of anilines is 1. The summed E-state index contributed by atoms with van der Waals surface area (Å²) in [4.78, 5) is 24.9. The lowest BCUT2D eigenvalue weighted by molar-refractivity contribution is -0.116. The summed E-state index contributed by atoms with van der Waals surface area (Å²) in [5.74, 6) is -2.64. The number of nitrogens with zero attached hydrogens (tertiary/aromatic N) is 3. The van der Waals surface area contributed by atoms with Crippen molar-refractivity contribution in [3.63, 3.8) is 0 Å². The molecule has 6 nitrogen and oxygen atoms in total. The maximum Gasteiger partial charge on any atom is 0.277 e. The van der Waals surface area contributed by atoms with Crippen LogP contribution in [-0.4, -0.2) is 20.1 Å². The van der Waals surface area contributed by atoms with Gasteiger partial charge in [0.05, 0.1) is 5.69 Å². The van der Waals surface area contributed by atoms with Gasteiger partial charge in [-0.2, -0.15) is 5.10 Å². The van der Waals surface area contributed by atoms with Gasteiger partial charge in [0.25, 0.3) is 5.56 Å². The number of halogens is 3. The predicted octanol–water partition coefficient (Wildman–Crippen LogP) is 3.73. The Kier molecular flexibility index (Phi) is 4.85. The molecule has 0 spiro atoms. The van der Waals surface area contributed by atoms with Crippen molar-refractivity contribution in [2.45, 2.75) is 6.54 Å². The zero-order chi connectivity index (χ0) is 20.5. The molecule has 0 unspecified atom stereocenters. The van der Waals surface area contributed by atoms with Gasteiger partial charge in [-0.15, -0.1) is 0 Å². The van der Waals surface area contributed by atoms with E-state index < -0.39 is 23.1 Å². The molecule has 0 aliphatic rings. The first-order chi connectivity index (χ1) is 13.9. The van der Waals surface area contributed by atoms with E-state index >= 15 is 0 Å². The monoisotopic (exact) mass is 414 g/mol. The van der Waals surface area contributed by atoms with Crippen LogP contribution in [0.4, 0.5) is 14.5 Å². The number of rotatable bonds is 4. The van der Waals surface area contributed by atoms with Gasteiger partial charge in [-0.1, -0.05) is 23.7 Å². The van der Waals surface area contributed by atoms with Crippen molar-refractivity contribution in [1.82, 2.24) is 14.2 Å². The number of carbonyl (C=O) groups is 1. The highest BCUT2D eigenvalue weighted by Crippen LogP contribution is 2.20. The van der Waals surface area contributed by atoms with E-state index in [4.69, 9.17) is 11.6 Å². The Morgan fingerprint density at radius 1 is 1.03 bits per heavy atom. The Morgan fingerprint density at radius 3 is 2.52 bits per heavy atom. The van der Waals surface area contributed by atoms with E-state index in [1.165, 1.54) is 21.3 Å². The van der Waals surface area contributed by atoms with Crippen LogP contribution >= 0.6 is 11.6 Å². The normalized spacial score (nSPS) is 11.0. The number of carbonyl (C=O) groups excluding carboxylic acids is 1. The van der Waals surface area contributed by atoms with Crippen LogP contribution in [0.3, 0.4) is 0 Å². The molecule has 146 valence electrons. The number of benzene rings is 2. The van der Waals surface area contributed by atoms with Gasteiger partial charge in [0.2, 0.25) is 5.91 Å². The second kappa shape index (κ2) is 7.48. The summed E-state index contributed by atoms with van der Waals surface area (Å²) >= 11 is 5.89. The molecule has 0 fully saturated rings. The molecular weight excluding hydrogens is 402 g/mol. The molecule has 0 radical (unpaired) electrons. The Balaban J connectivity index is 1.58. The van der Waals surface area contributed by atoms with Crippen molar-refractivity contribution in [2.24, 2.45) is 0 Å². The third-order valence-corrected chi connectivity index (χ3v) is 4.51. The Labute approximate surface area is 168 Å². The SMILES string of the molecule is O=C(Cn1ccn2nc(-c3ccc(Cl)cc3)cc2c1=O)Nc1ccc(F)c(F)c1. The topological polar surface area (TPSA) is 68.4 Å². The molecule has 9 heteroatoms. The average molecular weight is 415 g/mol. The molecule has 29 heavy (non-hydrogen) atoms. The van der Waals surface area contributed by atoms with Crippen molar-refractivity contribution >= 4 is 28.7 Å². The summed E-state index contributed by atoms with van der Waals surface area (Å²) in [6.07, 6.45) is 2.99. The van der Waals surface area contributed by atoms with Gasteiger partial charge >= 0.3 is 0 Å². The molecular formula is C20H13ClF2N4O2. The van der Waals surface area contributed by atoms with E-state index in [0.717, 1.165) is 17.7 Å². The van der Waals surface area contributed by atoms with Crippen LogP contribution in [0, 0.1) is 11.6 Å². The highest BCUT2D eigenvalue weighted by atomic mass is 35.5. The first-order valence-corrected chi connectivity index (χ1v) is 8.88. The summed E-state index contributed by atoms with van der Waals surface area (Å²) < 4.78 is 28.9. The van der Waals surface area contributed by atoms with E-state index in [0.29, 0.717) is 10.7 Å². The Bertz CT molecular complexity index is 1280. The number of hydrogen-bond acceptors (Lipinski definition) is 3. The minimum Gasteiger partial charge on any atom is -0.324 e. The highest BCUT2D eigenvalue weighted by Gasteiger charge is 2.12. The summed E-state index contributed by atoms with van der Waals surface area (Å²) in [5.41, 5.74) is 1.35. The van der Waals surface area contributed by atoms with Crippen molar-refractivity contribution in [3.05, 3.63) is 87.9 Å². The Hall–Kier alpha value is -3.52. The zero-order valence-corrected chi connectivity index (χ0v) is 15.5. The average Bonchev–Trinajstić information content (AvgIpc) is 3.13. The smallest absolute Gasteiger partial charge is 0.277 e. The molecule has 2 aromatic heterocycles. The van der Waals surface area contributed by atoms with Crippen LogP contribution < -0.4 is 10.9 Å². The van der Waals surface area contributed by atoms with E-state index in [1.807, 2.05) is 0 Å². The number of hydrogen-bond donors (Lipinski definition) is 1. The summed E-state index contributed by atoms with van der Waals surface area (Å²) in [5, 5.41) is 7.38. The van der Waals surface area contributed by atoms with Crippen molar-refractivity contribution in [1.29, 1.82) is 0 Å². The molecule has 1 amide bonds. The van der Waals surface area contributed by atoms with Crippen LogP contribution in [0.25, 0.3) is 16.8 Å². The lowest BCUT2D eigenvalue weighted by Gasteiger charge is -2.08. The molecule has 0 atom stereocenters. The fourth-order valence-corrected chi connectivity index (χ4v) is 2.97. The van der Waals surface area contributed by atoms with Crippen LogP contribution in [0.15, 0.2) is 65.7 Å². The van der Waals surface area contributed by atoms with E-state index in [9.17, 15) is 18.4 Å². The third kappa shape index (κ3) is 3.88. The van der Waals surface area contributed by atoms with Crippen molar-refractivity contribution in [2.75, 3.05) is 5.32 Å². The predicted molar refractivity (Wildman–Crippen MR) is 105 cm³/mol. The maximum atomic E-state index is 13.3. The fraction of sp³-hybridized carbons (Fsp3) is 0.0500. The number of aromatic nitrogens is 3. The van der Waals surface area contributed by atoms with Crippen LogP contribution in [0.1, 0.15) is 0 Å². The first kappa shape index (κ1) is 18.8. The van der Waals surface area contributed by atoms with E-state index in [-0.39, 0.29) is 17.7 Å². The Morgan fingerprint density at radius 2 is 1.79 bits per heavy atom. The van der Waals surface area contributed by atoms with Gasteiger partial charge in [0.1, 0.15) is 12.1 Å². The molecule has 0 bridgehead atoms. The molecule has 2 aromatic carbocycles. The van der Waals surface area contributed by atoms with Crippen LogP contribution in [0.5, 0.6) is 0 Å². The number of amides is 1. The molecule has 0 aliphatic heterocycles. The fourth-order valence-electron chi connectivity index (χ4n) is 2.84. The van der Waals surface area contributed by atoms with Crippen molar-refractivity contribution < 1.29 is 13.6 Å². The van der Waals surface area contributed by atoms with Gasteiger partial charge in [-0.25, -0.2) is 13.3 Å². The highest BCUT2D eigenvalue weighted by molar-refractivity contribution is 6.30. The summed E-state index contributed by atoms with van der Waals surface area (Å²) in [7, 11) is 0. The molecule has 1 N–H and O–H groups in total. The zero-order valence-electron chi connectivity index (χ0n) is 14.8.